The first-order valence-electron chi connectivity index (χ1n) is 8.96. The Morgan fingerprint density at radius 2 is 1.93 bits per heavy atom. The molecule has 0 fully saturated rings. The molecule has 0 unspecified atom stereocenters. The molecule has 2 amide bonds. The lowest BCUT2D eigenvalue weighted by Gasteiger charge is -2.18. The zero-order chi connectivity index (χ0) is 21.5. The van der Waals surface area contributed by atoms with Crippen LogP contribution >= 0.6 is 0 Å². The van der Waals surface area contributed by atoms with E-state index in [2.05, 4.69) is 20.0 Å². The first kappa shape index (κ1) is 21.0. The van der Waals surface area contributed by atoms with Crippen molar-refractivity contribution in [3.8, 4) is 22.6 Å². The third-order valence-corrected chi connectivity index (χ3v) is 4.21. The van der Waals surface area contributed by atoms with Gasteiger partial charge in [-0.25, -0.2) is 4.79 Å². The maximum absolute atomic E-state index is 12.8. The Hall–Kier alpha value is -3.75. The van der Waals surface area contributed by atoms with Gasteiger partial charge in [-0.15, -0.1) is 0 Å². The zero-order valence-corrected chi connectivity index (χ0v) is 16.4. The number of benzene rings is 2. The Bertz CT molecular complexity index is 985. The highest BCUT2D eigenvalue weighted by Crippen LogP contribution is 2.34. The lowest BCUT2D eigenvalue weighted by atomic mass is 10.0. The van der Waals surface area contributed by atoms with Gasteiger partial charge < -0.3 is 19.7 Å². The van der Waals surface area contributed by atoms with Crippen molar-refractivity contribution in [2.24, 2.45) is 0 Å². The number of nitrogens with one attached hydrogen (secondary N) is 1. The van der Waals surface area contributed by atoms with Crippen LogP contribution in [-0.2, 0) is 6.54 Å². The molecule has 1 aromatic heterocycles. The van der Waals surface area contributed by atoms with E-state index in [4.69, 9.17) is 4.74 Å². The minimum Gasteiger partial charge on any atom is -0.497 e. The minimum absolute atomic E-state index is 0.00100. The molecule has 1 heterocycles. The maximum atomic E-state index is 12.8. The number of alkyl halides is 2. The molecule has 3 aromatic rings. The molecule has 2 aromatic carbocycles. The van der Waals surface area contributed by atoms with Gasteiger partial charge in [0.25, 0.3) is 0 Å². The number of carbonyl (C=O) groups excluding carboxylic acids is 1. The molecule has 0 atom stereocenters. The summed E-state index contributed by atoms with van der Waals surface area (Å²) in [5, 5.41) is 2.75. The van der Waals surface area contributed by atoms with Gasteiger partial charge in [-0.05, 0) is 35.9 Å². The van der Waals surface area contributed by atoms with Crippen LogP contribution in [0.5, 0.6) is 11.5 Å². The number of nitrogens with zero attached hydrogens (tertiary/aromatic N) is 3. The van der Waals surface area contributed by atoms with Gasteiger partial charge in [-0.3, -0.25) is 9.97 Å². The Kier molecular flexibility index (Phi) is 6.74. The summed E-state index contributed by atoms with van der Waals surface area (Å²) >= 11 is 0. The minimum atomic E-state index is -2.97. The summed E-state index contributed by atoms with van der Waals surface area (Å²) in [6, 6.07) is 10.9. The third kappa shape index (κ3) is 5.40. The fourth-order valence-corrected chi connectivity index (χ4v) is 2.75. The third-order valence-electron chi connectivity index (χ3n) is 4.21. The first-order valence-corrected chi connectivity index (χ1v) is 8.96. The molecule has 30 heavy (non-hydrogen) atoms. The van der Waals surface area contributed by atoms with Gasteiger partial charge in [0.2, 0.25) is 0 Å². The number of anilines is 1. The Labute approximate surface area is 172 Å². The van der Waals surface area contributed by atoms with E-state index in [1.165, 1.54) is 24.1 Å². The summed E-state index contributed by atoms with van der Waals surface area (Å²) in [6.07, 6.45) is 4.67. The number of hydrogen-bond donors (Lipinski definition) is 1. The largest absolute Gasteiger partial charge is 0.497 e. The van der Waals surface area contributed by atoms with Gasteiger partial charge in [0.15, 0.2) is 0 Å². The Morgan fingerprint density at radius 3 is 2.57 bits per heavy atom. The molecule has 0 aliphatic heterocycles. The summed E-state index contributed by atoms with van der Waals surface area (Å²) in [5.74, 6) is 0.631. The standard InChI is InChI=1S/C21H20F2N4O3/c1-27(13-16-12-24-9-10-25-16)21(28)26-15-5-8-19(30-20(22)23)18(11-15)14-3-6-17(29-2)7-4-14/h3-12,20H,13H2,1-2H3,(H,26,28). The van der Waals surface area contributed by atoms with Crippen molar-refractivity contribution in [2.75, 3.05) is 19.5 Å². The van der Waals surface area contributed by atoms with Gasteiger partial charge in [0.1, 0.15) is 11.5 Å². The molecular weight excluding hydrogens is 394 g/mol. The molecule has 0 spiro atoms. The number of carbonyl (C=O) groups is 1. The van der Waals surface area contributed by atoms with Crippen molar-refractivity contribution >= 4 is 11.7 Å². The van der Waals surface area contributed by atoms with E-state index in [0.29, 0.717) is 28.3 Å². The molecule has 9 heteroatoms. The van der Waals surface area contributed by atoms with Crippen molar-refractivity contribution in [1.82, 2.24) is 14.9 Å². The average molecular weight is 414 g/mol. The van der Waals surface area contributed by atoms with Crippen LogP contribution in [0.3, 0.4) is 0 Å². The lowest BCUT2D eigenvalue weighted by molar-refractivity contribution is -0.0494. The SMILES string of the molecule is COc1ccc(-c2cc(NC(=O)N(C)Cc3cnccn3)ccc2OC(F)F)cc1. The summed E-state index contributed by atoms with van der Waals surface area (Å²) in [5.41, 5.74) is 2.11. The fourth-order valence-electron chi connectivity index (χ4n) is 2.75. The average Bonchev–Trinajstić information content (AvgIpc) is 2.75. The van der Waals surface area contributed by atoms with E-state index >= 15 is 0 Å². The highest BCUT2D eigenvalue weighted by molar-refractivity contribution is 5.90. The number of hydrogen-bond acceptors (Lipinski definition) is 5. The number of rotatable bonds is 7. The van der Waals surface area contributed by atoms with Crippen LogP contribution in [-0.4, -0.2) is 41.7 Å². The summed E-state index contributed by atoms with van der Waals surface area (Å²) < 4.78 is 35.4. The Balaban J connectivity index is 1.81. The van der Waals surface area contributed by atoms with Crippen LogP contribution in [0.1, 0.15) is 5.69 Å². The van der Waals surface area contributed by atoms with Crippen LogP contribution in [0.2, 0.25) is 0 Å². The summed E-state index contributed by atoms with van der Waals surface area (Å²) in [6.45, 7) is -2.71. The van der Waals surface area contributed by atoms with E-state index in [1.807, 2.05) is 0 Å². The number of amides is 2. The molecule has 0 radical (unpaired) electrons. The predicted octanol–water partition coefficient (Wildman–Crippen LogP) is 4.42. The first-order chi connectivity index (χ1) is 14.5. The monoisotopic (exact) mass is 414 g/mol. The second-order valence-corrected chi connectivity index (χ2v) is 6.30. The van der Waals surface area contributed by atoms with Crippen LogP contribution in [0.25, 0.3) is 11.1 Å². The lowest BCUT2D eigenvalue weighted by Crippen LogP contribution is -2.31. The number of ether oxygens (including phenoxy) is 2. The van der Waals surface area contributed by atoms with Crippen molar-refractivity contribution in [3.63, 3.8) is 0 Å². The van der Waals surface area contributed by atoms with Gasteiger partial charge >= 0.3 is 12.6 Å². The van der Waals surface area contributed by atoms with Crippen molar-refractivity contribution in [2.45, 2.75) is 13.2 Å². The molecule has 7 nitrogen and oxygen atoms in total. The van der Waals surface area contributed by atoms with Crippen LogP contribution < -0.4 is 14.8 Å². The highest BCUT2D eigenvalue weighted by Gasteiger charge is 2.15. The van der Waals surface area contributed by atoms with Gasteiger partial charge in [-0.2, -0.15) is 8.78 Å². The zero-order valence-electron chi connectivity index (χ0n) is 16.4. The molecular formula is C21H20F2N4O3. The van der Waals surface area contributed by atoms with Crippen LogP contribution in [0.15, 0.2) is 61.1 Å². The second kappa shape index (κ2) is 9.64. The van der Waals surface area contributed by atoms with Gasteiger partial charge in [0, 0.05) is 30.7 Å². The molecule has 0 saturated carbocycles. The summed E-state index contributed by atoms with van der Waals surface area (Å²) in [7, 11) is 3.15. The smallest absolute Gasteiger partial charge is 0.387 e. The normalized spacial score (nSPS) is 10.6. The number of urea groups is 1. The highest BCUT2D eigenvalue weighted by atomic mass is 19.3. The van der Waals surface area contributed by atoms with Crippen molar-refractivity contribution in [3.05, 3.63) is 66.7 Å². The molecule has 0 aliphatic carbocycles. The van der Waals surface area contributed by atoms with E-state index in [0.717, 1.165) is 0 Å². The maximum Gasteiger partial charge on any atom is 0.387 e. The topological polar surface area (TPSA) is 76.6 Å². The molecule has 0 bridgehead atoms. The second-order valence-electron chi connectivity index (χ2n) is 6.30. The van der Waals surface area contributed by atoms with E-state index in [9.17, 15) is 13.6 Å². The van der Waals surface area contributed by atoms with E-state index in [1.54, 1.807) is 56.0 Å². The van der Waals surface area contributed by atoms with E-state index < -0.39 is 6.61 Å². The summed E-state index contributed by atoms with van der Waals surface area (Å²) in [4.78, 5) is 22.0. The van der Waals surface area contributed by atoms with Crippen molar-refractivity contribution in [1.29, 1.82) is 0 Å². The molecule has 3 rings (SSSR count). The van der Waals surface area contributed by atoms with Crippen LogP contribution in [0.4, 0.5) is 19.3 Å². The van der Waals surface area contributed by atoms with Gasteiger partial charge in [-0.1, -0.05) is 12.1 Å². The molecule has 0 aliphatic rings. The molecule has 156 valence electrons. The number of methoxy groups -OCH3 is 1. The number of aromatic nitrogens is 2. The van der Waals surface area contributed by atoms with Gasteiger partial charge in [0.05, 0.1) is 25.5 Å². The van der Waals surface area contributed by atoms with E-state index in [-0.39, 0.29) is 18.3 Å². The Morgan fingerprint density at radius 1 is 1.17 bits per heavy atom. The fraction of sp³-hybridized carbons (Fsp3) is 0.190. The molecule has 1 N–H and O–H groups in total. The predicted molar refractivity (Wildman–Crippen MR) is 108 cm³/mol. The van der Waals surface area contributed by atoms with Crippen LogP contribution in [0, 0.1) is 0 Å². The quantitative estimate of drug-likeness (QED) is 0.620. The molecule has 0 saturated heterocycles. The van der Waals surface area contributed by atoms with Crippen molar-refractivity contribution < 1.29 is 23.0 Å². The number of halogens is 2.